The Hall–Kier alpha value is -0.0900. The van der Waals surface area contributed by atoms with Crippen LogP contribution in [0.1, 0.15) is 6.42 Å². The quantitative estimate of drug-likeness (QED) is 0.472. The first kappa shape index (κ1) is 6.04. The lowest BCUT2D eigenvalue weighted by Gasteiger charge is -2.00. The van der Waals surface area contributed by atoms with E-state index in [1.54, 1.807) is 0 Å². The summed E-state index contributed by atoms with van der Waals surface area (Å²) in [5.74, 6) is 0. The molecule has 0 heterocycles. The van der Waals surface area contributed by atoms with Crippen molar-refractivity contribution in [3.8, 4) is 0 Å². The highest BCUT2D eigenvalue weighted by Gasteiger charge is 2.00. The van der Waals surface area contributed by atoms with Gasteiger partial charge in [0.2, 0.25) is 0 Å². The zero-order chi connectivity index (χ0) is 5.98. The fourth-order valence-corrected chi connectivity index (χ4v) is 1.51. The van der Waals surface area contributed by atoms with Crippen LogP contribution in [0.15, 0.2) is 17.5 Å². The van der Waals surface area contributed by atoms with Gasteiger partial charge in [-0.3, -0.25) is 0 Å². The van der Waals surface area contributed by atoms with Crippen molar-refractivity contribution in [2.45, 2.75) is 6.42 Å². The van der Waals surface area contributed by atoms with Gasteiger partial charge in [0.15, 0.2) is 0 Å². The van der Waals surface area contributed by atoms with Crippen molar-refractivity contribution in [2.24, 2.45) is 0 Å². The molecule has 43 valence electrons. The molecule has 0 saturated carbocycles. The molecule has 0 aromatic rings. The van der Waals surface area contributed by atoms with Crippen molar-refractivity contribution in [3.63, 3.8) is 0 Å². The Balaban J connectivity index is 2.58. The minimum Gasteiger partial charge on any atom is -0.0814 e. The van der Waals surface area contributed by atoms with Gasteiger partial charge in [-0.25, -0.2) is 0 Å². The summed E-state index contributed by atoms with van der Waals surface area (Å²) in [7, 11) is 0.117. The minimum atomic E-state index is 0.117. The smallest absolute Gasteiger partial charge is 0.00847 e. The molecule has 8 heavy (non-hydrogen) atoms. The Morgan fingerprint density at radius 2 is 2.38 bits per heavy atom. The molecule has 0 saturated heterocycles. The van der Waals surface area contributed by atoms with Crippen molar-refractivity contribution >= 4 is 7.92 Å². The summed E-state index contributed by atoms with van der Waals surface area (Å²) in [4.78, 5) is 0. The van der Waals surface area contributed by atoms with E-state index in [2.05, 4.69) is 31.6 Å². The van der Waals surface area contributed by atoms with Gasteiger partial charge in [0, 0.05) is 0 Å². The average molecular weight is 125 g/mol. The van der Waals surface area contributed by atoms with Crippen molar-refractivity contribution in [1.82, 2.24) is 0 Å². The number of rotatable bonds is 1. The molecule has 1 radical (unpaired) electrons. The van der Waals surface area contributed by atoms with E-state index in [0.29, 0.717) is 0 Å². The van der Waals surface area contributed by atoms with Crippen LogP contribution in [0, 0.1) is 6.08 Å². The highest BCUT2D eigenvalue weighted by molar-refractivity contribution is 7.60. The predicted octanol–water partition coefficient (Wildman–Crippen LogP) is 2.37. The van der Waals surface area contributed by atoms with Crippen LogP contribution in [0.3, 0.4) is 0 Å². The van der Waals surface area contributed by atoms with Gasteiger partial charge < -0.3 is 0 Å². The van der Waals surface area contributed by atoms with Gasteiger partial charge in [0.05, 0.1) is 0 Å². The summed E-state index contributed by atoms with van der Waals surface area (Å²) >= 11 is 0. The summed E-state index contributed by atoms with van der Waals surface area (Å²) in [5.41, 5.74) is 0. The van der Waals surface area contributed by atoms with Gasteiger partial charge in [-0.05, 0) is 31.1 Å². The van der Waals surface area contributed by atoms with Crippen molar-refractivity contribution in [1.29, 1.82) is 0 Å². The maximum Gasteiger partial charge on any atom is -0.00847 e. The van der Waals surface area contributed by atoms with Gasteiger partial charge in [-0.2, -0.15) is 0 Å². The maximum absolute atomic E-state index is 3.29. The number of hydrogen-bond donors (Lipinski definition) is 0. The molecule has 0 atom stereocenters. The number of hydrogen-bond acceptors (Lipinski definition) is 0. The van der Waals surface area contributed by atoms with Gasteiger partial charge >= 0.3 is 0 Å². The van der Waals surface area contributed by atoms with Gasteiger partial charge in [0.1, 0.15) is 0 Å². The molecule has 1 rings (SSSR count). The molecular formula is C7H10P. The third-order valence-electron chi connectivity index (χ3n) is 1.16. The van der Waals surface area contributed by atoms with E-state index in [-0.39, 0.29) is 7.92 Å². The Morgan fingerprint density at radius 1 is 1.62 bits per heavy atom. The van der Waals surface area contributed by atoms with Crippen LogP contribution in [-0.2, 0) is 0 Å². The standard InChI is InChI=1S/C7H10P/c1-8(2)7-5-3-4-6-7/h3,5H,4H2,1-2H3. The largest absolute Gasteiger partial charge is 0.0814 e. The lowest BCUT2D eigenvalue weighted by atomic mass is 10.5. The second kappa shape index (κ2) is 2.46. The molecule has 0 spiro atoms. The molecular weight excluding hydrogens is 115 g/mol. The molecule has 1 aliphatic carbocycles. The van der Waals surface area contributed by atoms with Crippen LogP contribution in [0.25, 0.3) is 0 Å². The summed E-state index contributed by atoms with van der Waals surface area (Å²) in [6.45, 7) is 4.51. The molecule has 0 fully saturated rings. The molecule has 0 aromatic carbocycles. The Kier molecular flexibility index (Phi) is 1.85. The van der Waals surface area contributed by atoms with Crippen molar-refractivity contribution in [2.75, 3.05) is 13.3 Å². The zero-order valence-electron chi connectivity index (χ0n) is 5.31. The molecule has 1 heteroatoms. The normalized spacial score (nSPS) is 17.6. The first-order chi connectivity index (χ1) is 3.80. The van der Waals surface area contributed by atoms with Crippen LogP contribution in [0.2, 0.25) is 0 Å². The van der Waals surface area contributed by atoms with Crippen LogP contribution < -0.4 is 0 Å². The highest BCUT2D eigenvalue weighted by Crippen LogP contribution is 2.38. The van der Waals surface area contributed by atoms with Crippen LogP contribution in [0.4, 0.5) is 0 Å². The molecule has 0 aliphatic heterocycles. The van der Waals surface area contributed by atoms with Crippen molar-refractivity contribution in [3.05, 3.63) is 23.5 Å². The highest BCUT2D eigenvalue weighted by atomic mass is 31.1. The molecule has 1 aliphatic rings. The molecule has 0 amide bonds. The lowest BCUT2D eigenvalue weighted by Crippen LogP contribution is -1.67. The number of allylic oxidation sites excluding steroid dienone is 4. The average Bonchev–Trinajstić information content (AvgIpc) is 2.12. The van der Waals surface area contributed by atoms with Crippen molar-refractivity contribution < 1.29 is 0 Å². The minimum absolute atomic E-state index is 0.117. The van der Waals surface area contributed by atoms with E-state index in [0.717, 1.165) is 6.42 Å². The summed E-state index contributed by atoms with van der Waals surface area (Å²) < 4.78 is 0. The van der Waals surface area contributed by atoms with E-state index in [4.69, 9.17) is 0 Å². The predicted molar refractivity (Wildman–Crippen MR) is 39.3 cm³/mol. The summed E-state index contributed by atoms with van der Waals surface area (Å²) in [5, 5.41) is 1.43. The summed E-state index contributed by atoms with van der Waals surface area (Å²) in [6, 6.07) is 0. The van der Waals surface area contributed by atoms with E-state index in [9.17, 15) is 0 Å². The first-order valence-corrected chi connectivity index (χ1v) is 4.99. The second-order valence-corrected chi connectivity index (χ2v) is 4.33. The monoisotopic (exact) mass is 125 g/mol. The van der Waals surface area contributed by atoms with E-state index in [1.807, 2.05) is 0 Å². The van der Waals surface area contributed by atoms with Gasteiger partial charge in [0.25, 0.3) is 0 Å². The van der Waals surface area contributed by atoms with E-state index >= 15 is 0 Å². The Labute approximate surface area is 52.0 Å². The van der Waals surface area contributed by atoms with Gasteiger partial charge in [-0.1, -0.05) is 20.1 Å². The topological polar surface area (TPSA) is 0 Å². The van der Waals surface area contributed by atoms with Gasteiger partial charge in [-0.15, -0.1) is 0 Å². The lowest BCUT2D eigenvalue weighted by molar-refractivity contribution is 1.39. The zero-order valence-corrected chi connectivity index (χ0v) is 6.20. The molecule has 0 bridgehead atoms. The summed E-state index contributed by atoms with van der Waals surface area (Å²) in [6.07, 6.45) is 8.68. The Morgan fingerprint density at radius 3 is 2.62 bits per heavy atom. The Bertz CT molecular complexity index is 131. The molecule has 0 aromatic heterocycles. The van der Waals surface area contributed by atoms with E-state index < -0.39 is 0 Å². The molecule has 0 unspecified atom stereocenters. The first-order valence-electron chi connectivity index (χ1n) is 2.75. The maximum atomic E-state index is 3.29. The molecule has 0 N–H and O–H groups in total. The van der Waals surface area contributed by atoms with E-state index in [1.165, 1.54) is 5.31 Å². The van der Waals surface area contributed by atoms with Crippen LogP contribution in [-0.4, -0.2) is 13.3 Å². The fourth-order valence-electron chi connectivity index (χ4n) is 0.700. The van der Waals surface area contributed by atoms with Crippen LogP contribution >= 0.6 is 7.92 Å². The SMILES string of the molecule is CP(C)C1=[C]CC=C1. The fraction of sp³-hybridized carbons (Fsp3) is 0.429. The third-order valence-corrected chi connectivity index (χ3v) is 2.43. The second-order valence-electron chi connectivity index (χ2n) is 2.06. The molecule has 0 nitrogen and oxygen atoms in total. The van der Waals surface area contributed by atoms with Crippen LogP contribution in [0.5, 0.6) is 0 Å². The third kappa shape index (κ3) is 1.20.